The van der Waals surface area contributed by atoms with E-state index < -0.39 is 35.0 Å². The number of alkyl halides is 5. The maximum Gasteiger partial charge on any atom is 0.426 e. The van der Waals surface area contributed by atoms with Gasteiger partial charge >= 0.3 is 12.3 Å². The summed E-state index contributed by atoms with van der Waals surface area (Å²) in [7, 11) is 0. The molecule has 0 saturated heterocycles. The smallest absolute Gasteiger partial charge is 0.426 e. The molecular weight excluding hydrogens is 394 g/mol. The fraction of sp³-hybridized carbons (Fsp3) is 0.455. The summed E-state index contributed by atoms with van der Waals surface area (Å²) >= 11 is 0. The van der Waals surface area contributed by atoms with Gasteiger partial charge in [-0.2, -0.15) is 22.0 Å². The van der Waals surface area contributed by atoms with E-state index in [-0.39, 0.29) is 0 Å². The van der Waals surface area contributed by atoms with Crippen molar-refractivity contribution in [3.8, 4) is 5.75 Å². The third kappa shape index (κ3) is 5.06. The fourth-order valence-electron chi connectivity index (χ4n) is 3.85. The lowest BCUT2D eigenvalue weighted by molar-refractivity contribution is -0.185. The number of rotatable bonds is 5. The summed E-state index contributed by atoms with van der Waals surface area (Å²) in [5.41, 5.74) is -0.987. The van der Waals surface area contributed by atoms with E-state index in [0.29, 0.717) is 24.1 Å². The van der Waals surface area contributed by atoms with Crippen LogP contribution in [-0.2, 0) is 12.3 Å². The first-order chi connectivity index (χ1) is 13.6. The van der Waals surface area contributed by atoms with E-state index in [0.717, 1.165) is 43.6 Å². The van der Waals surface area contributed by atoms with Crippen molar-refractivity contribution in [3.05, 3.63) is 65.0 Å². The zero-order valence-electron chi connectivity index (χ0n) is 15.9. The van der Waals surface area contributed by atoms with Crippen molar-refractivity contribution in [2.24, 2.45) is 5.92 Å². The van der Waals surface area contributed by atoms with Crippen LogP contribution in [0.3, 0.4) is 0 Å². The molecule has 1 fully saturated rings. The molecule has 3 rings (SSSR count). The molecule has 0 radical (unpaired) electrons. The highest BCUT2D eigenvalue weighted by atomic mass is 19.4. The van der Waals surface area contributed by atoms with Crippen molar-refractivity contribution in [2.45, 2.75) is 57.2 Å². The maximum absolute atomic E-state index is 14.4. The first-order valence-corrected chi connectivity index (χ1v) is 9.64. The number of benzene rings is 2. The van der Waals surface area contributed by atoms with Crippen LogP contribution in [0.5, 0.6) is 5.75 Å². The average Bonchev–Trinajstić information content (AvgIpc) is 2.67. The molecule has 2 aromatic rings. The zero-order chi connectivity index (χ0) is 21.2. The van der Waals surface area contributed by atoms with Crippen LogP contribution in [0.2, 0.25) is 0 Å². The summed E-state index contributed by atoms with van der Waals surface area (Å²) < 4.78 is 84.7. The molecule has 0 bridgehead atoms. The number of halogens is 6. The quantitative estimate of drug-likeness (QED) is 0.455. The van der Waals surface area contributed by atoms with Crippen LogP contribution in [0.4, 0.5) is 26.3 Å². The van der Waals surface area contributed by atoms with Gasteiger partial charge < -0.3 is 4.74 Å². The normalized spacial score (nSPS) is 20.5. The van der Waals surface area contributed by atoms with E-state index in [2.05, 4.69) is 11.7 Å². The molecule has 29 heavy (non-hydrogen) atoms. The van der Waals surface area contributed by atoms with Gasteiger partial charge in [0.2, 0.25) is 0 Å². The Morgan fingerprint density at radius 2 is 1.52 bits per heavy atom. The van der Waals surface area contributed by atoms with Crippen LogP contribution in [0.1, 0.15) is 61.6 Å². The van der Waals surface area contributed by atoms with E-state index in [4.69, 9.17) is 0 Å². The molecule has 1 saturated carbocycles. The third-order valence-corrected chi connectivity index (χ3v) is 5.63. The van der Waals surface area contributed by atoms with Gasteiger partial charge in [-0.05, 0) is 67.3 Å². The Morgan fingerprint density at radius 3 is 2.03 bits per heavy atom. The summed E-state index contributed by atoms with van der Waals surface area (Å²) in [6.07, 6.45) is -3.25. The summed E-state index contributed by atoms with van der Waals surface area (Å²) in [4.78, 5) is 0. The van der Waals surface area contributed by atoms with E-state index in [9.17, 15) is 26.3 Å². The van der Waals surface area contributed by atoms with Crippen molar-refractivity contribution in [2.75, 3.05) is 0 Å². The van der Waals surface area contributed by atoms with Crippen LogP contribution < -0.4 is 4.74 Å². The average molecular weight is 416 g/mol. The van der Waals surface area contributed by atoms with Crippen molar-refractivity contribution >= 4 is 0 Å². The lowest BCUT2D eigenvalue weighted by atomic mass is 9.78. The minimum atomic E-state index is -4.91. The van der Waals surface area contributed by atoms with Crippen molar-refractivity contribution in [3.63, 3.8) is 0 Å². The highest BCUT2D eigenvalue weighted by Crippen LogP contribution is 2.39. The highest BCUT2D eigenvalue weighted by molar-refractivity contribution is 5.33. The Labute approximate surface area is 165 Å². The second kappa shape index (κ2) is 8.28. The lowest BCUT2D eigenvalue weighted by Crippen LogP contribution is -2.22. The molecule has 0 amide bonds. The lowest BCUT2D eigenvalue weighted by Gasteiger charge is -2.28. The Balaban J connectivity index is 1.70. The van der Waals surface area contributed by atoms with Gasteiger partial charge in [-0.15, -0.1) is 0 Å². The summed E-state index contributed by atoms with van der Waals surface area (Å²) in [6.45, 7) is 2.17. The van der Waals surface area contributed by atoms with Crippen LogP contribution in [0.15, 0.2) is 42.5 Å². The first-order valence-electron chi connectivity index (χ1n) is 9.64. The molecule has 158 valence electrons. The largest absolute Gasteiger partial charge is 0.429 e. The molecule has 0 N–H and O–H groups in total. The van der Waals surface area contributed by atoms with Gasteiger partial charge in [0, 0.05) is 6.07 Å². The molecule has 0 heterocycles. The molecule has 1 aliphatic carbocycles. The predicted octanol–water partition coefficient (Wildman–Crippen LogP) is 7.66. The molecule has 7 heteroatoms. The second-order valence-corrected chi connectivity index (χ2v) is 7.51. The SMILES string of the molecule is CC[C@H]1CC[C@H](c2ccc(C(F)(F)Oc3ccc(C(F)(F)F)c(F)c3)cc2)CC1. The Morgan fingerprint density at radius 1 is 0.897 bits per heavy atom. The van der Waals surface area contributed by atoms with Crippen molar-refractivity contribution < 1.29 is 31.1 Å². The second-order valence-electron chi connectivity index (χ2n) is 7.51. The molecule has 0 aliphatic heterocycles. The summed E-state index contributed by atoms with van der Waals surface area (Å²) in [5.74, 6) is -1.27. The van der Waals surface area contributed by atoms with E-state index >= 15 is 0 Å². The Bertz CT molecular complexity index is 820. The van der Waals surface area contributed by atoms with Crippen LogP contribution in [-0.4, -0.2) is 0 Å². The number of ether oxygens (including phenoxy) is 1. The molecule has 0 aromatic heterocycles. The number of hydrogen-bond donors (Lipinski definition) is 0. The van der Waals surface area contributed by atoms with Crippen LogP contribution in [0, 0.1) is 11.7 Å². The van der Waals surface area contributed by atoms with Gasteiger partial charge in [0.1, 0.15) is 11.6 Å². The Kier molecular flexibility index (Phi) is 6.15. The fourth-order valence-corrected chi connectivity index (χ4v) is 3.85. The van der Waals surface area contributed by atoms with Crippen LogP contribution in [0.25, 0.3) is 0 Å². The third-order valence-electron chi connectivity index (χ3n) is 5.63. The summed E-state index contributed by atoms with van der Waals surface area (Å²) in [6, 6.07) is 7.16. The van der Waals surface area contributed by atoms with Gasteiger partial charge in [0.15, 0.2) is 0 Å². The maximum atomic E-state index is 14.4. The summed E-state index contributed by atoms with van der Waals surface area (Å²) in [5, 5.41) is 0. The zero-order valence-corrected chi connectivity index (χ0v) is 15.9. The number of hydrogen-bond acceptors (Lipinski definition) is 1. The van der Waals surface area contributed by atoms with E-state index in [1.54, 1.807) is 12.1 Å². The first kappa shape index (κ1) is 21.5. The molecular formula is C22H22F6O. The van der Waals surface area contributed by atoms with E-state index in [1.165, 1.54) is 12.1 Å². The monoisotopic (exact) mass is 416 g/mol. The van der Waals surface area contributed by atoms with Crippen LogP contribution >= 0.6 is 0 Å². The standard InChI is InChI=1S/C22H22F6O/c1-2-14-3-5-15(6-4-14)16-7-9-17(10-8-16)22(27,28)29-18-11-12-19(20(23)13-18)21(24,25)26/h7-15H,2-6H2,1H3/t14-,15-. The molecule has 2 aromatic carbocycles. The van der Waals surface area contributed by atoms with Crippen molar-refractivity contribution in [1.29, 1.82) is 0 Å². The minimum absolute atomic E-state index is 0.317. The van der Waals surface area contributed by atoms with Gasteiger partial charge in [0.05, 0.1) is 11.1 Å². The molecule has 0 unspecified atom stereocenters. The van der Waals surface area contributed by atoms with Crippen molar-refractivity contribution in [1.82, 2.24) is 0 Å². The molecule has 0 atom stereocenters. The molecule has 1 nitrogen and oxygen atoms in total. The van der Waals surface area contributed by atoms with Gasteiger partial charge in [-0.1, -0.05) is 25.5 Å². The van der Waals surface area contributed by atoms with Gasteiger partial charge in [0.25, 0.3) is 0 Å². The molecule has 0 spiro atoms. The van der Waals surface area contributed by atoms with Gasteiger partial charge in [-0.3, -0.25) is 0 Å². The van der Waals surface area contributed by atoms with E-state index in [1.807, 2.05) is 0 Å². The minimum Gasteiger partial charge on any atom is -0.429 e. The molecule has 1 aliphatic rings. The van der Waals surface area contributed by atoms with Gasteiger partial charge in [-0.25, -0.2) is 4.39 Å². The highest BCUT2D eigenvalue weighted by Gasteiger charge is 2.37. The predicted molar refractivity (Wildman–Crippen MR) is 97.4 cm³/mol. The topological polar surface area (TPSA) is 9.23 Å². The Hall–Kier alpha value is -2.18.